The predicted octanol–water partition coefficient (Wildman–Crippen LogP) is 3.20. The van der Waals surface area contributed by atoms with E-state index in [-0.39, 0.29) is 0 Å². The molecule has 0 bridgehead atoms. The van der Waals surface area contributed by atoms with Gasteiger partial charge in [0.25, 0.3) is 0 Å². The molecule has 0 spiro atoms. The fourth-order valence-corrected chi connectivity index (χ4v) is 1.60. The SMILES string of the molecule is C=CCN(CC=C)CCC(=O)CCCCC. The lowest BCUT2D eigenvalue weighted by Crippen LogP contribution is -2.26. The normalized spacial score (nSPS) is 10.4. The first-order valence-electron chi connectivity index (χ1n) is 6.20. The van der Waals surface area contributed by atoms with Gasteiger partial charge in [0.15, 0.2) is 0 Å². The van der Waals surface area contributed by atoms with Gasteiger partial charge in [-0.05, 0) is 6.42 Å². The van der Waals surface area contributed by atoms with E-state index in [1.165, 1.54) is 6.42 Å². The molecule has 0 aliphatic carbocycles. The van der Waals surface area contributed by atoms with Gasteiger partial charge < -0.3 is 0 Å². The minimum atomic E-state index is 0.381. The highest BCUT2D eigenvalue weighted by Crippen LogP contribution is 2.03. The monoisotopic (exact) mass is 223 g/mol. The molecule has 0 radical (unpaired) electrons. The van der Waals surface area contributed by atoms with Crippen molar-refractivity contribution in [3.05, 3.63) is 25.3 Å². The van der Waals surface area contributed by atoms with E-state index in [0.717, 1.165) is 38.9 Å². The lowest BCUT2D eigenvalue weighted by Gasteiger charge is -2.17. The Kier molecular flexibility index (Phi) is 10.0. The second-order valence-electron chi connectivity index (χ2n) is 4.08. The third-order valence-electron chi connectivity index (χ3n) is 2.54. The zero-order valence-electron chi connectivity index (χ0n) is 10.6. The summed E-state index contributed by atoms with van der Waals surface area (Å²) in [4.78, 5) is 13.7. The molecule has 16 heavy (non-hydrogen) atoms. The molecule has 0 unspecified atom stereocenters. The minimum Gasteiger partial charge on any atom is -0.300 e. The summed E-state index contributed by atoms with van der Waals surface area (Å²) in [5.74, 6) is 0.381. The first-order chi connectivity index (χ1) is 7.74. The van der Waals surface area contributed by atoms with E-state index in [1.54, 1.807) is 0 Å². The number of rotatable bonds is 11. The molecule has 0 aliphatic rings. The van der Waals surface area contributed by atoms with Gasteiger partial charge in [0.2, 0.25) is 0 Å². The van der Waals surface area contributed by atoms with Crippen molar-refractivity contribution in [3.63, 3.8) is 0 Å². The number of nitrogens with zero attached hydrogens (tertiary/aromatic N) is 1. The zero-order valence-corrected chi connectivity index (χ0v) is 10.6. The van der Waals surface area contributed by atoms with Crippen molar-refractivity contribution in [2.45, 2.75) is 39.0 Å². The van der Waals surface area contributed by atoms with E-state index in [9.17, 15) is 4.79 Å². The van der Waals surface area contributed by atoms with Crippen LogP contribution in [-0.4, -0.2) is 30.3 Å². The van der Waals surface area contributed by atoms with Gasteiger partial charge in [0.05, 0.1) is 0 Å². The molecule has 2 heteroatoms. The van der Waals surface area contributed by atoms with Crippen LogP contribution in [0.1, 0.15) is 39.0 Å². The second-order valence-corrected chi connectivity index (χ2v) is 4.08. The molecule has 0 saturated carbocycles. The van der Waals surface area contributed by atoms with E-state index in [1.807, 2.05) is 12.2 Å². The Labute approximate surface area is 100 Å². The molecule has 0 saturated heterocycles. The number of carbonyl (C=O) groups is 1. The second kappa shape index (κ2) is 10.6. The van der Waals surface area contributed by atoms with Crippen LogP contribution >= 0.6 is 0 Å². The largest absolute Gasteiger partial charge is 0.300 e. The van der Waals surface area contributed by atoms with Crippen molar-refractivity contribution in [1.29, 1.82) is 0 Å². The zero-order chi connectivity index (χ0) is 12.2. The summed E-state index contributed by atoms with van der Waals surface area (Å²) in [6.45, 7) is 12.1. The Morgan fingerprint density at radius 3 is 2.25 bits per heavy atom. The summed E-state index contributed by atoms with van der Waals surface area (Å²) >= 11 is 0. The molecule has 0 aromatic carbocycles. The quantitative estimate of drug-likeness (QED) is 0.396. The molecule has 0 atom stereocenters. The van der Waals surface area contributed by atoms with Gasteiger partial charge >= 0.3 is 0 Å². The molecule has 0 fully saturated rings. The Hall–Kier alpha value is -0.890. The average Bonchev–Trinajstić information content (AvgIpc) is 2.27. The summed E-state index contributed by atoms with van der Waals surface area (Å²) < 4.78 is 0. The van der Waals surface area contributed by atoms with Crippen molar-refractivity contribution >= 4 is 5.78 Å². The number of carbonyl (C=O) groups excluding carboxylic acids is 1. The summed E-state index contributed by atoms with van der Waals surface area (Å²) in [5.41, 5.74) is 0. The van der Waals surface area contributed by atoms with Gasteiger partial charge in [-0.25, -0.2) is 0 Å². The van der Waals surface area contributed by atoms with Crippen LogP contribution in [0.15, 0.2) is 25.3 Å². The summed E-state index contributed by atoms with van der Waals surface area (Å²) in [6.07, 6.45) is 8.50. The van der Waals surface area contributed by atoms with E-state index >= 15 is 0 Å². The summed E-state index contributed by atoms with van der Waals surface area (Å²) in [5, 5.41) is 0. The smallest absolute Gasteiger partial charge is 0.134 e. The first kappa shape index (κ1) is 15.1. The lowest BCUT2D eigenvalue weighted by molar-refractivity contribution is -0.119. The Morgan fingerprint density at radius 1 is 1.12 bits per heavy atom. The fourth-order valence-electron chi connectivity index (χ4n) is 1.60. The van der Waals surface area contributed by atoms with Crippen LogP contribution in [0, 0.1) is 0 Å². The molecular formula is C14H25NO. The average molecular weight is 223 g/mol. The molecule has 0 heterocycles. The molecule has 2 nitrogen and oxygen atoms in total. The molecule has 92 valence electrons. The molecule has 0 amide bonds. The molecule has 0 aromatic heterocycles. The highest BCUT2D eigenvalue weighted by molar-refractivity contribution is 5.78. The Bertz CT molecular complexity index is 201. The van der Waals surface area contributed by atoms with Crippen LogP contribution < -0.4 is 0 Å². The van der Waals surface area contributed by atoms with Gasteiger partial charge in [-0.1, -0.05) is 31.9 Å². The standard InChI is InChI=1S/C14H25NO/c1-4-7-8-9-14(16)10-13-15(11-5-2)12-6-3/h5-6H,2-4,7-13H2,1H3. The summed E-state index contributed by atoms with van der Waals surface area (Å²) in [6, 6.07) is 0. The Morgan fingerprint density at radius 2 is 1.75 bits per heavy atom. The maximum Gasteiger partial charge on any atom is 0.134 e. The highest BCUT2D eigenvalue weighted by Gasteiger charge is 2.05. The molecule has 0 aliphatic heterocycles. The third-order valence-corrected chi connectivity index (χ3v) is 2.54. The predicted molar refractivity (Wildman–Crippen MR) is 70.6 cm³/mol. The highest BCUT2D eigenvalue weighted by atomic mass is 16.1. The van der Waals surface area contributed by atoms with Crippen molar-refractivity contribution in [2.75, 3.05) is 19.6 Å². The van der Waals surface area contributed by atoms with Crippen LogP contribution in [0.2, 0.25) is 0 Å². The van der Waals surface area contributed by atoms with Crippen molar-refractivity contribution in [2.24, 2.45) is 0 Å². The van der Waals surface area contributed by atoms with Gasteiger partial charge in [-0.3, -0.25) is 9.69 Å². The van der Waals surface area contributed by atoms with Crippen LogP contribution in [0.25, 0.3) is 0 Å². The number of unbranched alkanes of at least 4 members (excludes halogenated alkanes) is 2. The van der Waals surface area contributed by atoms with Crippen LogP contribution in [0.3, 0.4) is 0 Å². The topological polar surface area (TPSA) is 20.3 Å². The summed E-state index contributed by atoms with van der Waals surface area (Å²) in [7, 11) is 0. The van der Waals surface area contributed by atoms with Gasteiger partial charge in [0.1, 0.15) is 5.78 Å². The molecule has 0 N–H and O–H groups in total. The van der Waals surface area contributed by atoms with Crippen LogP contribution in [0.4, 0.5) is 0 Å². The molecule has 0 rings (SSSR count). The van der Waals surface area contributed by atoms with Crippen LogP contribution in [-0.2, 0) is 4.79 Å². The first-order valence-corrected chi connectivity index (χ1v) is 6.20. The fraction of sp³-hybridized carbons (Fsp3) is 0.643. The minimum absolute atomic E-state index is 0.381. The number of hydrogen-bond acceptors (Lipinski definition) is 2. The van der Waals surface area contributed by atoms with Crippen LogP contribution in [0.5, 0.6) is 0 Å². The Balaban J connectivity index is 3.68. The molecular weight excluding hydrogens is 198 g/mol. The number of Topliss-reactive ketones (excluding diaryl/α,β-unsaturated/α-hetero) is 1. The maximum atomic E-state index is 11.6. The number of ketones is 1. The van der Waals surface area contributed by atoms with E-state index in [0.29, 0.717) is 12.2 Å². The van der Waals surface area contributed by atoms with Crippen molar-refractivity contribution in [3.8, 4) is 0 Å². The third kappa shape index (κ3) is 8.42. The molecule has 0 aromatic rings. The van der Waals surface area contributed by atoms with Crippen molar-refractivity contribution < 1.29 is 4.79 Å². The van der Waals surface area contributed by atoms with E-state index < -0.39 is 0 Å². The maximum absolute atomic E-state index is 11.6. The van der Waals surface area contributed by atoms with Gasteiger partial charge in [-0.2, -0.15) is 0 Å². The lowest BCUT2D eigenvalue weighted by atomic mass is 10.1. The van der Waals surface area contributed by atoms with Gasteiger partial charge in [-0.15, -0.1) is 13.2 Å². The van der Waals surface area contributed by atoms with E-state index in [2.05, 4.69) is 25.0 Å². The number of hydrogen-bond donors (Lipinski definition) is 0. The van der Waals surface area contributed by atoms with Crippen molar-refractivity contribution in [1.82, 2.24) is 4.90 Å². The van der Waals surface area contributed by atoms with E-state index in [4.69, 9.17) is 0 Å². The van der Waals surface area contributed by atoms with Gasteiger partial charge in [0, 0.05) is 32.5 Å².